The lowest BCUT2D eigenvalue weighted by Crippen LogP contribution is -3.00. The fraction of sp³-hybridized carbons (Fsp3) is 0.615. The maximum atomic E-state index is 2.26. The second kappa shape index (κ2) is 10.4. The third-order valence-corrected chi connectivity index (χ3v) is 2.55. The number of hydrogen-bond acceptors (Lipinski definition) is 0. The average molecular weight is 319 g/mol. The van der Waals surface area contributed by atoms with Crippen LogP contribution in [0.5, 0.6) is 0 Å². The van der Waals surface area contributed by atoms with Crippen molar-refractivity contribution in [2.24, 2.45) is 0 Å². The minimum absolute atomic E-state index is 0. The Balaban J connectivity index is 0.00000196. The van der Waals surface area contributed by atoms with Gasteiger partial charge < -0.3 is 24.0 Å². The van der Waals surface area contributed by atoms with Crippen molar-refractivity contribution in [2.45, 2.75) is 52.0 Å². The van der Waals surface area contributed by atoms with Crippen LogP contribution in [0.3, 0.4) is 0 Å². The molecule has 0 saturated carbocycles. The highest BCUT2D eigenvalue weighted by atomic mass is 127. The van der Waals surface area contributed by atoms with E-state index in [9.17, 15) is 0 Å². The van der Waals surface area contributed by atoms with Crippen LogP contribution in [0.1, 0.15) is 45.4 Å². The van der Waals surface area contributed by atoms with Gasteiger partial charge in [-0.15, -0.1) is 0 Å². The Bertz CT molecular complexity index is 223. The predicted molar refractivity (Wildman–Crippen MR) is 60.0 cm³/mol. The van der Waals surface area contributed by atoms with Gasteiger partial charge in [-0.25, -0.2) is 4.57 Å². The van der Waals surface area contributed by atoms with Gasteiger partial charge in [0.25, 0.3) is 0 Å². The van der Waals surface area contributed by atoms with Crippen molar-refractivity contribution < 1.29 is 28.5 Å². The summed E-state index contributed by atoms with van der Waals surface area (Å²) in [6.45, 7) is 3.44. The van der Waals surface area contributed by atoms with Crippen molar-refractivity contribution in [1.82, 2.24) is 0 Å². The highest BCUT2D eigenvalue weighted by Gasteiger charge is 1.96. The molecule has 1 aromatic heterocycles. The molecule has 0 aliphatic rings. The van der Waals surface area contributed by atoms with Crippen molar-refractivity contribution in [3.05, 3.63) is 30.6 Å². The van der Waals surface area contributed by atoms with E-state index in [-0.39, 0.29) is 24.0 Å². The van der Waals surface area contributed by atoms with Gasteiger partial charge in [0, 0.05) is 18.6 Å². The van der Waals surface area contributed by atoms with E-state index in [4.69, 9.17) is 0 Å². The van der Waals surface area contributed by atoms with Crippen molar-refractivity contribution in [3.8, 4) is 0 Å². The Labute approximate surface area is 111 Å². The van der Waals surface area contributed by atoms with Crippen molar-refractivity contribution in [3.63, 3.8) is 0 Å². The number of nitrogens with zero attached hydrogens (tertiary/aromatic N) is 1. The lowest BCUT2D eigenvalue weighted by atomic mass is 10.1. The van der Waals surface area contributed by atoms with E-state index in [1.54, 1.807) is 0 Å². The van der Waals surface area contributed by atoms with E-state index >= 15 is 0 Å². The van der Waals surface area contributed by atoms with E-state index < -0.39 is 0 Å². The largest absolute Gasteiger partial charge is 1.00 e. The Morgan fingerprint density at radius 2 is 1.40 bits per heavy atom. The van der Waals surface area contributed by atoms with Gasteiger partial charge in [0.05, 0.1) is 0 Å². The second-order valence-electron chi connectivity index (χ2n) is 3.88. The normalized spacial score (nSPS) is 9.67. The molecule has 0 radical (unpaired) electrons. The molecule has 0 amide bonds. The zero-order chi connectivity index (χ0) is 10.1. The summed E-state index contributed by atoms with van der Waals surface area (Å²) in [4.78, 5) is 0. The molecule has 1 aromatic rings. The Morgan fingerprint density at radius 1 is 0.800 bits per heavy atom. The molecule has 0 saturated heterocycles. The number of hydrogen-bond donors (Lipinski definition) is 0. The maximum Gasteiger partial charge on any atom is 0.168 e. The molecule has 15 heavy (non-hydrogen) atoms. The fourth-order valence-electron chi connectivity index (χ4n) is 1.66. The Morgan fingerprint density at radius 3 is 2.07 bits per heavy atom. The first-order chi connectivity index (χ1) is 6.93. The zero-order valence-electron chi connectivity index (χ0n) is 9.66. The summed E-state index contributed by atoms with van der Waals surface area (Å²) in [5.41, 5.74) is 0. The fourth-order valence-corrected chi connectivity index (χ4v) is 1.66. The van der Waals surface area contributed by atoms with Crippen LogP contribution in [0, 0.1) is 0 Å². The smallest absolute Gasteiger partial charge is 0.168 e. The van der Waals surface area contributed by atoms with Gasteiger partial charge in [-0.3, -0.25) is 0 Å². The molecule has 0 fully saturated rings. The van der Waals surface area contributed by atoms with E-state index in [0.717, 1.165) is 0 Å². The van der Waals surface area contributed by atoms with E-state index in [2.05, 4.69) is 42.1 Å². The Kier molecular flexibility index (Phi) is 10.3. The van der Waals surface area contributed by atoms with Crippen molar-refractivity contribution in [1.29, 1.82) is 0 Å². The summed E-state index contributed by atoms with van der Waals surface area (Å²) in [7, 11) is 0. The van der Waals surface area contributed by atoms with Gasteiger partial charge in [-0.05, 0) is 6.42 Å². The topological polar surface area (TPSA) is 3.88 Å². The zero-order valence-corrected chi connectivity index (χ0v) is 11.8. The third-order valence-electron chi connectivity index (χ3n) is 2.55. The summed E-state index contributed by atoms with van der Waals surface area (Å²) >= 11 is 0. The summed E-state index contributed by atoms with van der Waals surface area (Å²) in [5.74, 6) is 0. The molecule has 0 N–H and O–H groups in total. The molecule has 0 spiro atoms. The summed E-state index contributed by atoms with van der Waals surface area (Å²) in [6.07, 6.45) is 12.5. The van der Waals surface area contributed by atoms with Crippen LogP contribution in [-0.2, 0) is 6.54 Å². The molecule has 2 heteroatoms. The van der Waals surface area contributed by atoms with Crippen molar-refractivity contribution in [2.75, 3.05) is 0 Å². The molecule has 1 nitrogen and oxygen atoms in total. The minimum Gasteiger partial charge on any atom is -1.00 e. The quantitative estimate of drug-likeness (QED) is 0.388. The highest BCUT2D eigenvalue weighted by molar-refractivity contribution is 4.83. The molecule has 1 rings (SSSR count). The number of aryl methyl sites for hydroxylation is 1. The standard InChI is InChI=1S/C13H22N.HI/c1-2-3-4-5-6-8-11-14-12-9-7-10-13-14;/h7,9-10,12-13H,2-6,8,11H2,1H3;1H/q+1;/p-1. The van der Waals surface area contributed by atoms with Crippen LogP contribution >= 0.6 is 0 Å². The lowest BCUT2D eigenvalue weighted by Gasteiger charge is -1.98. The molecular formula is C13H22IN. The van der Waals surface area contributed by atoms with Crippen LogP contribution < -0.4 is 28.5 Å². The molecule has 86 valence electrons. The first-order valence-electron chi connectivity index (χ1n) is 5.87. The van der Waals surface area contributed by atoms with Crippen LogP contribution in [0.25, 0.3) is 0 Å². The van der Waals surface area contributed by atoms with Gasteiger partial charge >= 0.3 is 0 Å². The van der Waals surface area contributed by atoms with Gasteiger partial charge in [0.1, 0.15) is 6.54 Å². The van der Waals surface area contributed by atoms with Gasteiger partial charge in [-0.2, -0.15) is 0 Å². The molecule has 1 heterocycles. The molecular weight excluding hydrogens is 297 g/mol. The third kappa shape index (κ3) is 7.77. The molecule has 0 atom stereocenters. The summed E-state index contributed by atoms with van der Waals surface area (Å²) in [5, 5.41) is 0. The monoisotopic (exact) mass is 319 g/mol. The van der Waals surface area contributed by atoms with Gasteiger partial charge in [-0.1, -0.05) is 38.7 Å². The number of rotatable bonds is 7. The van der Waals surface area contributed by atoms with Gasteiger partial charge in [0.2, 0.25) is 0 Å². The first kappa shape index (κ1) is 14.9. The first-order valence-corrected chi connectivity index (χ1v) is 5.87. The highest BCUT2D eigenvalue weighted by Crippen LogP contribution is 2.04. The minimum atomic E-state index is 0. The number of pyridine rings is 1. The van der Waals surface area contributed by atoms with Crippen LogP contribution in [0.15, 0.2) is 30.6 Å². The number of unbranched alkanes of at least 4 members (excludes halogenated alkanes) is 5. The summed E-state index contributed by atoms with van der Waals surface area (Å²) in [6, 6.07) is 6.26. The van der Waals surface area contributed by atoms with Crippen LogP contribution in [0.2, 0.25) is 0 Å². The molecule has 0 bridgehead atoms. The number of halogens is 1. The van der Waals surface area contributed by atoms with Crippen LogP contribution in [0.4, 0.5) is 0 Å². The lowest BCUT2D eigenvalue weighted by molar-refractivity contribution is -0.697. The molecule has 0 aromatic carbocycles. The van der Waals surface area contributed by atoms with Crippen molar-refractivity contribution >= 4 is 0 Å². The Hall–Kier alpha value is -0.120. The molecule has 0 aliphatic heterocycles. The van der Waals surface area contributed by atoms with E-state index in [1.807, 2.05) is 0 Å². The SMILES string of the molecule is CCCCCCCC[n+]1ccccc1.[I-]. The summed E-state index contributed by atoms with van der Waals surface area (Å²) < 4.78 is 2.26. The molecule has 0 aliphatic carbocycles. The van der Waals surface area contributed by atoms with E-state index in [0.29, 0.717) is 0 Å². The average Bonchev–Trinajstić information content (AvgIpc) is 2.25. The van der Waals surface area contributed by atoms with Crippen LogP contribution in [-0.4, -0.2) is 0 Å². The van der Waals surface area contributed by atoms with Gasteiger partial charge in [0.15, 0.2) is 12.4 Å². The number of aromatic nitrogens is 1. The van der Waals surface area contributed by atoms with E-state index in [1.165, 1.54) is 45.1 Å². The second-order valence-corrected chi connectivity index (χ2v) is 3.88. The molecule has 0 unspecified atom stereocenters. The predicted octanol–water partition coefficient (Wildman–Crippen LogP) is 0.339. The maximum absolute atomic E-state index is 2.26.